The summed E-state index contributed by atoms with van der Waals surface area (Å²) in [6.45, 7) is 10.1. The van der Waals surface area contributed by atoms with Crippen molar-refractivity contribution in [1.29, 1.82) is 0 Å². The molecule has 1 saturated heterocycles. The van der Waals surface area contributed by atoms with Gasteiger partial charge in [0.05, 0.1) is 0 Å². The van der Waals surface area contributed by atoms with Crippen LogP contribution in [0.3, 0.4) is 0 Å². The third kappa shape index (κ3) is 3.89. The zero-order valence-electron chi connectivity index (χ0n) is 16.6. The summed E-state index contributed by atoms with van der Waals surface area (Å²) >= 11 is 0. The normalized spacial score (nSPS) is 16.9. The molecule has 1 aliphatic rings. The van der Waals surface area contributed by atoms with E-state index in [1.54, 1.807) is 6.07 Å². The minimum atomic E-state index is 0.213. The predicted octanol–water partition coefficient (Wildman–Crippen LogP) is 5.55. The zero-order valence-corrected chi connectivity index (χ0v) is 16.6. The maximum atomic E-state index is 9.83. The van der Waals surface area contributed by atoms with Gasteiger partial charge in [0.2, 0.25) is 0 Å². The lowest BCUT2D eigenvalue weighted by atomic mass is 9.86. The van der Waals surface area contributed by atoms with Gasteiger partial charge in [-0.05, 0) is 72.2 Å². The SMILES string of the molecule is CC(C)(C)c1ccc(CN2CCC(c3c[nH]c4ccc(O)cc34)CC2)cc1. The lowest BCUT2D eigenvalue weighted by molar-refractivity contribution is 0.205. The molecule has 0 aliphatic carbocycles. The Bertz CT molecular complexity index is 910. The molecule has 2 N–H and O–H groups in total. The van der Waals surface area contributed by atoms with Crippen LogP contribution in [0, 0.1) is 0 Å². The standard InChI is InChI=1S/C24H30N2O/c1-24(2,3)19-6-4-17(5-7-19)16-26-12-10-18(11-13-26)22-15-25-23-9-8-20(27)14-21(22)23/h4-9,14-15,18,25,27H,10-13,16H2,1-3H3. The summed E-state index contributed by atoms with van der Waals surface area (Å²) in [6, 6.07) is 14.7. The van der Waals surface area contributed by atoms with Gasteiger partial charge in [0.1, 0.15) is 5.75 Å². The molecule has 3 aromatic rings. The number of piperidine rings is 1. The number of aromatic amines is 1. The molecule has 0 amide bonds. The maximum absolute atomic E-state index is 9.83. The molecule has 142 valence electrons. The molecule has 1 aliphatic heterocycles. The van der Waals surface area contributed by atoms with Crippen LogP contribution in [0.15, 0.2) is 48.7 Å². The van der Waals surface area contributed by atoms with E-state index in [0.717, 1.165) is 25.2 Å². The van der Waals surface area contributed by atoms with Crippen LogP contribution in [-0.2, 0) is 12.0 Å². The smallest absolute Gasteiger partial charge is 0.116 e. The molecule has 0 saturated carbocycles. The highest BCUT2D eigenvalue weighted by molar-refractivity contribution is 5.85. The van der Waals surface area contributed by atoms with E-state index in [4.69, 9.17) is 0 Å². The molecule has 27 heavy (non-hydrogen) atoms. The number of phenols is 1. The summed E-state index contributed by atoms with van der Waals surface area (Å²) < 4.78 is 0. The molecule has 1 fully saturated rings. The van der Waals surface area contributed by atoms with Gasteiger partial charge in [-0.15, -0.1) is 0 Å². The number of benzene rings is 2. The second kappa shape index (κ2) is 7.05. The Balaban J connectivity index is 1.39. The van der Waals surface area contributed by atoms with Crippen molar-refractivity contribution in [1.82, 2.24) is 9.88 Å². The van der Waals surface area contributed by atoms with Crippen LogP contribution < -0.4 is 0 Å². The number of nitrogens with zero attached hydrogens (tertiary/aromatic N) is 1. The van der Waals surface area contributed by atoms with Gasteiger partial charge in [0.25, 0.3) is 0 Å². The molecular formula is C24H30N2O. The number of likely N-dealkylation sites (tertiary alicyclic amines) is 1. The maximum Gasteiger partial charge on any atom is 0.116 e. The minimum absolute atomic E-state index is 0.213. The molecule has 0 unspecified atom stereocenters. The topological polar surface area (TPSA) is 39.3 Å². The van der Waals surface area contributed by atoms with Crippen molar-refractivity contribution < 1.29 is 5.11 Å². The van der Waals surface area contributed by atoms with Gasteiger partial charge in [-0.25, -0.2) is 0 Å². The quantitative estimate of drug-likeness (QED) is 0.641. The van der Waals surface area contributed by atoms with Gasteiger partial charge in [-0.1, -0.05) is 45.0 Å². The van der Waals surface area contributed by atoms with Crippen molar-refractivity contribution in [3.63, 3.8) is 0 Å². The van der Waals surface area contributed by atoms with E-state index >= 15 is 0 Å². The molecular weight excluding hydrogens is 332 g/mol. The van der Waals surface area contributed by atoms with Crippen LogP contribution in [0.4, 0.5) is 0 Å². The molecule has 2 heterocycles. The summed E-state index contributed by atoms with van der Waals surface area (Å²) in [5, 5.41) is 11.0. The summed E-state index contributed by atoms with van der Waals surface area (Å²) in [5.74, 6) is 0.916. The van der Waals surface area contributed by atoms with E-state index in [0.29, 0.717) is 11.7 Å². The molecule has 1 aromatic heterocycles. The summed E-state index contributed by atoms with van der Waals surface area (Å²) in [5.41, 5.74) is 5.48. The highest BCUT2D eigenvalue weighted by atomic mass is 16.3. The van der Waals surface area contributed by atoms with Crippen LogP contribution in [0.5, 0.6) is 5.75 Å². The van der Waals surface area contributed by atoms with E-state index in [1.807, 2.05) is 12.1 Å². The van der Waals surface area contributed by atoms with Gasteiger partial charge in [0, 0.05) is 23.6 Å². The Labute approximate surface area is 162 Å². The first-order valence-corrected chi connectivity index (χ1v) is 10.0. The Kier molecular flexibility index (Phi) is 4.73. The lowest BCUT2D eigenvalue weighted by Gasteiger charge is -2.32. The van der Waals surface area contributed by atoms with E-state index in [1.165, 1.54) is 34.9 Å². The number of fused-ring (bicyclic) bond motifs is 1. The number of phenolic OH excluding ortho intramolecular Hbond substituents is 1. The summed E-state index contributed by atoms with van der Waals surface area (Å²) in [6.07, 6.45) is 4.47. The molecule has 0 atom stereocenters. The second-order valence-electron chi connectivity index (χ2n) is 8.97. The zero-order chi connectivity index (χ0) is 19.0. The fraction of sp³-hybridized carbons (Fsp3) is 0.417. The number of nitrogens with one attached hydrogen (secondary N) is 1. The number of rotatable bonds is 3. The van der Waals surface area contributed by atoms with Crippen molar-refractivity contribution in [3.05, 3.63) is 65.4 Å². The van der Waals surface area contributed by atoms with E-state index < -0.39 is 0 Å². The number of aromatic hydroxyl groups is 1. The van der Waals surface area contributed by atoms with Crippen LogP contribution in [0.1, 0.15) is 56.2 Å². The van der Waals surface area contributed by atoms with Crippen molar-refractivity contribution in [2.45, 2.75) is 51.5 Å². The molecule has 0 radical (unpaired) electrons. The first-order chi connectivity index (χ1) is 12.9. The number of hydrogen-bond donors (Lipinski definition) is 2. The van der Waals surface area contributed by atoms with Gasteiger partial charge in [0.15, 0.2) is 0 Å². The molecule has 4 rings (SSSR count). The fourth-order valence-electron chi connectivity index (χ4n) is 4.24. The van der Waals surface area contributed by atoms with E-state index in [2.05, 4.69) is 61.1 Å². The van der Waals surface area contributed by atoms with Gasteiger partial charge < -0.3 is 10.1 Å². The lowest BCUT2D eigenvalue weighted by Crippen LogP contribution is -2.32. The molecule has 0 bridgehead atoms. The highest BCUT2D eigenvalue weighted by Gasteiger charge is 2.23. The Hall–Kier alpha value is -2.26. The Morgan fingerprint density at radius 3 is 2.41 bits per heavy atom. The van der Waals surface area contributed by atoms with Crippen LogP contribution in [-0.4, -0.2) is 28.1 Å². The van der Waals surface area contributed by atoms with Crippen LogP contribution in [0.25, 0.3) is 10.9 Å². The van der Waals surface area contributed by atoms with Crippen molar-refractivity contribution in [2.75, 3.05) is 13.1 Å². The molecule has 3 nitrogen and oxygen atoms in total. The van der Waals surface area contributed by atoms with Gasteiger partial charge in [-0.2, -0.15) is 0 Å². The average Bonchev–Trinajstić information content (AvgIpc) is 3.05. The Morgan fingerprint density at radius 1 is 1.04 bits per heavy atom. The predicted molar refractivity (Wildman–Crippen MR) is 112 cm³/mol. The number of H-pyrrole nitrogens is 1. The highest BCUT2D eigenvalue weighted by Crippen LogP contribution is 2.35. The van der Waals surface area contributed by atoms with Crippen LogP contribution >= 0.6 is 0 Å². The first-order valence-electron chi connectivity index (χ1n) is 10.0. The second-order valence-corrected chi connectivity index (χ2v) is 8.97. The third-order valence-electron chi connectivity index (χ3n) is 5.95. The molecule has 3 heteroatoms. The third-order valence-corrected chi connectivity index (χ3v) is 5.95. The summed E-state index contributed by atoms with van der Waals surface area (Å²) in [4.78, 5) is 5.92. The molecule has 2 aromatic carbocycles. The van der Waals surface area contributed by atoms with Crippen molar-refractivity contribution >= 4 is 10.9 Å². The van der Waals surface area contributed by atoms with Crippen molar-refractivity contribution in [2.24, 2.45) is 0 Å². The average molecular weight is 363 g/mol. The number of hydrogen-bond acceptors (Lipinski definition) is 2. The minimum Gasteiger partial charge on any atom is -0.508 e. The van der Waals surface area contributed by atoms with Gasteiger partial charge in [-0.3, -0.25) is 4.90 Å². The van der Waals surface area contributed by atoms with E-state index in [9.17, 15) is 5.11 Å². The fourth-order valence-corrected chi connectivity index (χ4v) is 4.24. The van der Waals surface area contributed by atoms with Crippen molar-refractivity contribution in [3.8, 4) is 5.75 Å². The first kappa shape index (κ1) is 18.1. The van der Waals surface area contributed by atoms with E-state index in [-0.39, 0.29) is 5.41 Å². The largest absolute Gasteiger partial charge is 0.508 e. The monoisotopic (exact) mass is 362 g/mol. The summed E-state index contributed by atoms with van der Waals surface area (Å²) in [7, 11) is 0. The number of aromatic nitrogens is 1. The molecule has 0 spiro atoms. The van der Waals surface area contributed by atoms with Gasteiger partial charge >= 0.3 is 0 Å². The Morgan fingerprint density at radius 2 is 1.74 bits per heavy atom. The van der Waals surface area contributed by atoms with Crippen LogP contribution in [0.2, 0.25) is 0 Å².